The van der Waals surface area contributed by atoms with Crippen LogP contribution in [0.25, 0.3) is 5.76 Å². The van der Waals surface area contributed by atoms with Crippen molar-refractivity contribution in [1.82, 2.24) is 4.90 Å². The van der Waals surface area contributed by atoms with Gasteiger partial charge in [-0.05, 0) is 44.5 Å². The molecule has 0 unspecified atom stereocenters. The molecular weight excluding hydrogens is 496 g/mol. The van der Waals surface area contributed by atoms with Gasteiger partial charge in [0, 0.05) is 11.5 Å². The molecule has 0 aliphatic heterocycles. The molecule has 1 aromatic carbocycles. The molecule has 0 radical (unpaired) electrons. The molecule has 4 aliphatic carbocycles. The van der Waals surface area contributed by atoms with E-state index >= 15 is 0 Å². The number of nitrogens with two attached hydrogens (primary N) is 1. The van der Waals surface area contributed by atoms with E-state index in [4.69, 9.17) is 10.5 Å². The number of nitrogens with zero attached hydrogens (tertiary/aromatic N) is 1. The van der Waals surface area contributed by atoms with Crippen LogP contribution in [0.3, 0.4) is 0 Å². The Morgan fingerprint density at radius 2 is 1.76 bits per heavy atom. The zero-order valence-corrected chi connectivity index (χ0v) is 20.5. The van der Waals surface area contributed by atoms with E-state index < -0.39 is 76.0 Å². The third-order valence-corrected chi connectivity index (χ3v) is 8.13. The molecule has 0 heterocycles. The van der Waals surface area contributed by atoms with Crippen LogP contribution in [0.4, 0.5) is 0 Å². The Balaban J connectivity index is 0.00000336. The van der Waals surface area contributed by atoms with Gasteiger partial charge in [0.25, 0.3) is 5.91 Å². The highest BCUT2D eigenvalue weighted by atomic mass is 16.5. The van der Waals surface area contributed by atoms with E-state index in [1.807, 2.05) is 0 Å². The van der Waals surface area contributed by atoms with Crippen LogP contribution in [0.5, 0.6) is 5.75 Å². The van der Waals surface area contributed by atoms with Crippen LogP contribution in [-0.2, 0) is 23.9 Å². The van der Waals surface area contributed by atoms with Gasteiger partial charge in [-0.1, -0.05) is 26.5 Å². The number of likely N-dealkylation sites (N-methyl/N-ethyl adjacent to an activating group) is 1. The number of fused-ring (bicyclic) bond motifs is 3. The minimum atomic E-state index is -2.93. The first-order valence-electron chi connectivity index (χ1n) is 12.0. The van der Waals surface area contributed by atoms with Crippen LogP contribution in [0.2, 0.25) is 0 Å². The van der Waals surface area contributed by atoms with Gasteiger partial charge in [-0.2, -0.15) is 0 Å². The number of phenolic OH excluding ortho intramolecular Hbond substituents is 1. The lowest BCUT2D eigenvalue weighted by Crippen LogP contribution is -2.71. The molecule has 6 atom stereocenters. The van der Waals surface area contributed by atoms with Crippen molar-refractivity contribution in [3.05, 3.63) is 46.2 Å². The molecule has 0 bridgehead atoms. The Morgan fingerprint density at radius 1 is 1.13 bits per heavy atom. The van der Waals surface area contributed by atoms with Gasteiger partial charge < -0.3 is 30.9 Å². The summed E-state index contributed by atoms with van der Waals surface area (Å²) in [5, 5.41) is 44.8. The summed E-state index contributed by atoms with van der Waals surface area (Å²) in [6.45, 7) is 1.71. The number of hydrogen-bond donors (Lipinski definition) is 5. The van der Waals surface area contributed by atoms with E-state index in [1.54, 1.807) is 19.1 Å². The number of benzene rings is 1. The maximum Gasteiger partial charge on any atom is 0.309 e. The van der Waals surface area contributed by atoms with Crippen molar-refractivity contribution >= 4 is 29.2 Å². The van der Waals surface area contributed by atoms with Gasteiger partial charge in [0.05, 0.1) is 23.4 Å². The van der Waals surface area contributed by atoms with Crippen LogP contribution in [0, 0.1) is 17.8 Å². The Hall–Kier alpha value is -3.70. The fourth-order valence-corrected chi connectivity index (χ4v) is 6.24. The van der Waals surface area contributed by atoms with Crippen LogP contribution in [0.15, 0.2) is 35.1 Å². The van der Waals surface area contributed by atoms with Gasteiger partial charge in [-0.15, -0.1) is 0 Å². The lowest BCUT2D eigenvalue weighted by atomic mass is 9.54. The fraction of sp³-hybridized carbons (Fsp3) is 0.481. The van der Waals surface area contributed by atoms with Crippen molar-refractivity contribution in [2.24, 2.45) is 23.5 Å². The van der Waals surface area contributed by atoms with Crippen molar-refractivity contribution in [2.45, 2.75) is 50.9 Å². The van der Waals surface area contributed by atoms with Crippen molar-refractivity contribution in [3.8, 4) is 5.75 Å². The summed E-state index contributed by atoms with van der Waals surface area (Å²) in [6, 6.07) is 3.15. The number of ether oxygens (including phenoxy) is 1. The van der Waals surface area contributed by atoms with Gasteiger partial charge in [-0.3, -0.25) is 24.1 Å². The first kappa shape index (κ1) is 27.3. The second-order valence-corrected chi connectivity index (χ2v) is 10.5. The highest BCUT2D eigenvalue weighted by Gasteiger charge is 2.69. The Morgan fingerprint density at radius 3 is 2.32 bits per heavy atom. The van der Waals surface area contributed by atoms with Gasteiger partial charge >= 0.3 is 5.97 Å². The number of aliphatic hydroxyl groups excluding tert-OH is 2. The maximum atomic E-state index is 14.1. The molecule has 2 saturated carbocycles. The number of Topliss-reactive ketones (excluding diaryl/α,β-unsaturated/α-hetero) is 2. The zero-order chi connectivity index (χ0) is 27.1. The van der Waals surface area contributed by atoms with E-state index in [-0.39, 0.29) is 30.2 Å². The number of carbonyl (C=O) groups is 4. The first-order valence-corrected chi connectivity index (χ1v) is 12.0. The predicted molar refractivity (Wildman–Crippen MR) is 134 cm³/mol. The molecule has 38 heavy (non-hydrogen) atoms. The minimum Gasteiger partial charge on any atom is -0.508 e. The summed E-state index contributed by atoms with van der Waals surface area (Å²) in [5.41, 5.74) is 1.56. The number of phenols is 1. The monoisotopic (exact) mass is 528 g/mol. The summed E-state index contributed by atoms with van der Waals surface area (Å²) in [4.78, 5) is 54.0. The summed E-state index contributed by atoms with van der Waals surface area (Å²) in [5.74, 6) is -9.83. The number of hydrogen-bond acceptors (Lipinski definition) is 10. The SMILES string of the molecule is C.C[C@H]1c2cccc(O)c2C(O)=C2C(=O)[C@]3(O)C(O)=C(C(N)=O)C(=O)[C@@H](N(C)C)[C@@H]3[C@@H](OC(=O)C3CC3)[C@@H]21. The molecule has 0 aromatic heterocycles. The van der Waals surface area contributed by atoms with E-state index in [1.165, 1.54) is 25.1 Å². The molecule has 1 aromatic rings. The average molecular weight is 529 g/mol. The maximum absolute atomic E-state index is 14.1. The molecule has 204 valence electrons. The summed E-state index contributed by atoms with van der Waals surface area (Å²) in [6.07, 6.45) is -0.180. The number of aliphatic hydroxyl groups is 3. The molecule has 6 N–H and O–H groups in total. The molecule has 1 amide bonds. The standard InChI is InChI=1S/C26H28N2O9.CH4/c1-9-11-5-4-6-12(29)14(11)19(30)15-13(9)21(37-25(35)10-7-8-10)17-18(28(2)3)20(31)16(24(27)34)23(33)26(17,36)22(15)32;/h4-6,9-10,13,17-18,21,29-30,33,36H,7-8H2,1-3H3,(H2,27,34);1H4/t9-,13+,17+,18-,21-,26-;/m0./s1. The van der Waals surface area contributed by atoms with E-state index in [2.05, 4.69) is 0 Å². The quantitative estimate of drug-likeness (QED) is 0.280. The third kappa shape index (κ3) is 3.48. The highest BCUT2D eigenvalue weighted by molar-refractivity contribution is 6.24. The van der Waals surface area contributed by atoms with Crippen LogP contribution >= 0.6 is 0 Å². The van der Waals surface area contributed by atoms with Gasteiger partial charge in [0.2, 0.25) is 5.78 Å². The number of esters is 1. The second-order valence-electron chi connectivity index (χ2n) is 10.5. The molecule has 4 aliphatic rings. The van der Waals surface area contributed by atoms with Crippen LogP contribution in [0.1, 0.15) is 44.2 Å². The smallest absolute Gasteiger partial charge is 0.309 e. The van der Waals surface area contributed by atoms with E-state index in [0.717, 1.165) is 0 Å². The number of rotatable bonds is 4. The molecule has 11 nitrogen and oxygen atoms in total. The normalized spacial score (nSPS) is 32.3. The first-order chi connectivity index (χ1) is 17.3. The van der Waals surface area contributed by atoms with Crippen LogP contribution in [-0.4, -0.2) is 80.6 Å². The lowest BCUT2D eigenvalue weighted by Gasteiger charge is -2.54. The summed E-state index contributed by atoms with van der Waals surface area (Å²) >= 11 is 0. The highest BCUT2D eigenvalue weighted by Crippen LogP contribution is 2.57. The minimum absolute atomic E-state index is 0. The van der Waals surface area contributed by atoms with Crippen LogP contribution < -0.4 is 5.73 Å². The Bertz CT molecular complexity index is 1330. The van der Waals surface area contributed by atoms with E-state index in [9.17, 15) is 39.6 Å². The second kappa shape index (κ2) is 8.95. The molecular formula is C27H32N2O9. The average Bonchev–Trinajstić information content (AvgIpc) is 3.66. The predicted octanol–water partition coefficient (Wildman–Crippen LogP) is 1.09. The number of amides is 1. The number of ketones is 2. The molecule has 0 spiro atoms. The summed E-state index contributed by atoms with van der Waals surface area (Å²) < 4.78 is 5.92. The van der Waals surface area contributed by atoms with Crippen molar-refractivity contribution < 1.29 is 44.3 Å². The van der Waals surface area contributed by atoms with Crippen molar-refractivity contribution in [3.63, 3.8) is 0 Å². The van der Waals surface area contributed by atoms with Gasteiger partial charge in [-0.25, -0.2) is 0 Å². The van der Waals surface area contributed by atoms with Crippen molar-refractivity contribution in [1.29, 1.82) is 0 Å². The molecule has 2 fully saturated rings. The molecule has 11 heteroatoms. The Labute approximate surface area is 219 Å². The summed E-state index contributed by atoms with van der Waals surface area (Å²) in [7, 11) is 2.96. The number of aromatic hydroxyl groups is 1. The van der Waals surface area contributed by atoms with Gasteiger partial charge in [0.1, 0.15) is 28.9 Å². The zero-order valence-electron chi connectivity index (χ0n) is 20.5. The number of carbonyl (C=O) groups excluding carboxylic acids is 4. The number of primary amides is 1. The lowest BCUT2D eigenvalue weighted by molar-refractivity contribution is -0.186. The molecule has 5 rings (SSSR count). The fourth-order valence-electron chi connectivity index (χ4n) is 6.24. The third-order valence-electron chi connectivity index (χ3n) is 8.13. The largest absolute Gasteiger partial charge is 0.508 e. The molecule has 0 saturated heterocycles. The Kier molecular flexibility index (Phi) is 6.44. The topological polar surface area (TPSA) is 188 Å². The van der Waals surface area contributed by atoms with Gasteiger partial charge in [0.15, 0.2) is 11.4 Å². The van der Waals surface area contributed by atoms with Crippen molar-refractivity contribution in [2.75, 3.05) is 14.1 Å². The van der Waals surface area contributed by atoms with E-state index in [0.29, 0.717) is 18.4 Å².